The maximum Gasteiger partial charge on any atom is 0.369 e. The van der Waals surface area contributed by atoms with Crippen LogP contribution in [0, 0.1) is 0 Å². The lowest BCUT2D eigenvalue weighted by molar-refractivity contribution is -0.120. The molecule has 0 aliphatic rings. The quantitative estimate of drug-likeness (QED) is 0.144. The lowest BCUT2D eigenvalue weighted by Crippen LogP contribution is -2.36. The zero-order valence-electron chi connectivity index (χ0n) is 10.5. The molecule has 124 valence electrons. The molecule has 0 atom stereocenters. The number of hydrogen-bond donors (Lipinski definition) is 8. The van der Waals surface area contributed by atoms with Gasteiger partial charge in [-0.1, -0.05) is 12.6 Å². The van der Waals surface area contributed by atoms with Gasteiger partial charge in [-0.25, -0.2) is 0 Å². The summed E-state index contributed by atoms with van der Waals surface area (Å²) in [5.41, 5.74) is 0. The van der Waals surface area contributed by atoms with Crippen molar-refractivity contribution in [1.82, 2.24) is 10.6 Å². The number of carbonyl (C=O) groups excluding carboxylic acids is 2. The molecule has 0 rings (SSSR count). The second-order valence-corrected chi connectivity index (χ2v) is 8.39. The monoisotopic (exact) mass is 366 g/mol. The Kier molecular flexibility index (Phi) is 7.54. The van der Waals surface area contributed by atoms with E-state index < -0.39 is 37.8 Å². The Bertz CT molecular complexity index is 464. The van der Waals surface area contributed by atoms with Gasteiger partial charge in [0.05, 0.1) is 6.54 Å². The van der Waals surface area contributed by atoms with Crippen LogP contribution in [0.15, 0.2) is 0 Å². The van der Waals surface area contributed by atoms with E-state index in [4.69, 9.17) is 19.6 Å². The predicted molar refractivity (Wildman–Crippen MR) is 73.7 cm³/mol. The van der Waals surface area contributed by atoms with Crippen molar-refractivity contribution in [3.8, 4) is 0 Å². The molecule has 0 aliphatic carbocycles. The lowest BCUT2D eigenvalue weighted by atomic mass is 10.3. The van der Waals surface area contributed by atoms with E-state index in [2.05, 4.69) is 23.3 Å². The third-order valence-corrected chi connectivity index (χ3v) is 6.38. The molecule has 0 aliphatic heterocycles. The molecule has 0 fully saturated rings. The molecule has 0 radical (unpaired) electrons. The van der Waals surface area contributed by atoms with Crippen molar-refractivity contribution < 1.29 is 43.4 Å². The standard InChI is InChI=1S/C7H16N2O9P2S/c10-5(4-9-6(11)21)8-3-1-2-7(12,19(13,14)15)20(16,17)18/h12H,1-4H2,(H,8,10)(H2,9,11,21)(H2,13,14,15)(H2,16,17,18). The number of thiol groups is 1. The first-order chi connectivity index (χ1) is 9.31. The van der Waals surface area contributed by atoms with Crippen molar-refractivity contribution in [3.05, 3.63) is 0 Å². The number of rotatable bonds is 8. The summed E-state index contributed by atoms with van der Waals surface area (Å²) in [7, 11) is -11.0. The third kappa shape index (κ3) is 6.45. The van der Waals surface area contributed by atoms with Crippen LogP contribution in [0.25, 0.3) is 0 Å². The number of aliphatic hydroxyl groups is 1. The van der Waals surface area contributed by atoms with Gasteiger partial charge in [-0.05, 0) is 6.42 Å². The highest BCUT2D eigenvalue weighted by molar-refractivity contribution is 7.96. The van der Waals surface area contributed by atoms with Crippen LogP contribution >= 0.6 is 27.8 Å². The summed E-state index contributed by atoms with van der Waals surface area (Å²) in [6.45, 7) is -0.604. The second kappa shape index (κ2) is 7.70. The van der Waals surface area contributed by atoms with Crippen LogP contribution in [0.2, 0.25) is 0 Å². The van der Waals surface area contributed by atoms with Crippen LogP contribution in [0.4, 0.5) is 4.79 Å². The van der Waals surface area contributed by atoms with E-state index in [0.29, 0.717) is 0 Å². The van der Waals surface area contributed by atoms with Crippen LogP contribution in [0.1, 0.15) is 12.8 Å². The van der Waals surface area contributed by atoms with Crippen molar-refractivity contribution in [1.29, 1.82) is 0 Å². The van der Waals surface area contributed by atoms with E-state index in [1.54, 1.807) is 0 Å². The highest BCUT2D eigenvalue weighted by Gasteiger charge is 2.58. The van der Waals surface area contributed by atoms with Crippen LogP contribution in [-0.4, -0.2) is 54.0 Å². The fourth-order valence-electron chi connectivity index (χ4n) is 1.23. The molecule has 0 aromatic heterocycles. The molecule has 0 heterocycles. The Morgan fingerprint density at radius 1 is 1.05 bits per heavy atom. The summed E-state index contributed by atoms with van der Waals surface area (Å²) < 4.78 is 22.0. The Hall–Kier alpha value is -0.450. The largest absolute Gasteiger partial charge is 0.369 e. The molecule has 0 bridgehead atoms. The molecular formula is C7H16N2O9P2S. The van der Waals surface area contributed by atoms with E-state index in [0.717, 1.165) is 0 Å². The minimum atomic E-state index is -5.49. The van der Waals surface area contributed by atoms with Gasteiger partial charge in [0.25, 0.3) is 10.3 Å². The summed E-state index contributed by atoms with van der Waals surface area (Å²) in [5.74, 6) is -0.645. The molecule has 7 N–H and O–H groups in total. The Balaban J connectivity index is 4.43. The van der Waals surface area contributed by atoms with Gasteiger partial charge in [0.15, 0.2) is 0 Å². The molecule has 0 aromatic carbocycles. The zero-order chi connectivity index (χ0) is 16.9. The number of nitrogens with one attached hydrogen (secondary N) is 2. The van der Waals surface area contributed by atoms with Gasteiger partial charge >= 0.3 is 15.2 Å². The van der Waals surface area contributed by atoms with Crippen molar-refractivity contribution in [2.45, 2.75) is 17.9 Å². The van der Waals surface area contributed by atoms with Crippen LogP contribution < -0.4 is 10.6 Å². The van der Waals surface area contributed by atoms with E-state index in [1.165, 1.54) is 0 Å². The normalized spacial score (nSPS) is 12.9. The third-order valence-electron chi connectivity index (χ3n) is 2.34. The van der Waals surface area contributed by atoms with Crippen molar-refractivity contribution in [3.63, 3.8) is 0 Å². The van der Waals surface area contributed by atoms with Gasteiger partial charge in [0, 0.05) is 13.0 Å². The average Bonchev–Trinajstić information content (AvgIpc) is 2.28. The molecule has 21 heavy (non-hydrogen) atoms. The summed E-state index contributed by atoms with van der Waals surface area (Å²) in [6, 6.07) is 0. The van der Waals surface area contributed by atoms with E-state index in [1.807, 2.05) is 0 Å². The smallest absolute Gasteiger partial charge is 0.368 e. The van der Waals surface area contributed by atoms with Crippen molar-refractivity contribution in [2.24, 2.45) is 0 Å². The SMILES string of the molecule is O=C(S)NCC(=O)NCCCC(O)(P(=O)(O)O)P(=O)(O)O. The molecule has 0 saturated carbocycles. The highest BCUT2D eigenvalue weighted by Crippen LogP contribution is 2.69. The van der Waals surface area contributed by atoms with E-state index >= 15 is 0 Å². The molecule has 0 saturated heterocycles. The first-order valence-corrected chi connectivity index (χ1v) is 9.05. The van der Waals surface area contributed by atoms with Gasteiger partial charge in [-0.2, -0.15) is 0 Å². The summed E-state index contributed by atoms with van der Waals surface area (Å²) >= 11 is 3.35. The van der Waals surface area contributed by atoms with Crippen LogP contribution in [0.3, 0.4) is 0 Å². The molecule has 0 spiro atoms. The minimum Gasteiger partial charge on any atom is -0.368 e. The summed E-state index contributed by atoms with van der Waals surface area (Å²) in [4.78, 5) is 56.9. The number of amides is 2. The number of carbonyl (C=O) groups is 2. The maximum atomic E-state index is 11.1. The van der Waals surface area contributed by atoms with Gasteiger partial charge in [0.1, 0.15) is 0 Å². The lowest BCUT2D eigenvalue weighted by Gasteiger charge is -2.29. The topological polar surface area (TPSA) is 193 Å². The van der Waals surface area contributed by atoms with Gasteiger partial charge in [-0.3, -0.25) is 18.7 Å². The van der Waals surface area contributed by atoms with Gasteiger partial charge < -0.3 is 35.3 Å². The van der Waals surface area contributed by atoms with Crippen molar-refractivity contribution >= 4 is 39.0 Å². The fraction of sp³-hybridized carbons (Fsp3) is 0.714. The second-order valence-electron chi connectivity index (χ2n) is 3.97. The molecular weight excluding hydrogens is 350 g/mol. The first kappa shape index (κ1) is 20.6. The van der Waals surface area contributed by atoms with Crippen molar-refractivity contribution in [2.75, 3.05) is 13.1 Å². The Morgan fingerprint density at radius 3 is 1.90 bits per heavy atom. The summed E-state index contributed by atoms with van der Waals surface area (Å²) in [6.07, 6.45) is -1.24. The summed E-state index contributed by atoms with van der Waals surface area (Å²) in [5, 5.41) is 9.56. The Morgan fingerprint density at radius 2 is 1.52 bits per heavy atom. The highest BCUT2D eigenvalue weighted by atomic mass is 32.1. The molecule has 0 aromatic rings. The molecule has 2 amide bonds. The molecule has 14 heteroatoms. The first-order valence-electron chi connectivity index (χ1n) is 5.38. The minimum absolute atomic E-state index is 0.219. The van der Waals surface area contributed by atoms with E-state index in [9.17, 15) is 23.8 Å². The van der Waals surface area contributed by atoms with E-state index in [-0.39, 0.29) is 19.5 Å². The zero-order valence-corrected chi connectivity index (χ0v) is 13.2. The number of hydrogen-bond acceptors (Lipinski definition) is 5. The van der Waals surface area contributed by atoms with Crippen LogP contribution in [0.5, 0.6) is 0 Å². The average molecular weight is 366 g/mol. The molecule has 11 nitrogen and oxygen atoms in total. The van der Waals surface area contributed by atoms with Crippen LogP contribution in [-0.2, 0) is 13.9 Å². The maximum absolute atomic E-state index is 11.1. The molecule has 0 unspecified atom stereocenters. The predicted octanol–water partition coefficient (Wildman–Crippen LogP) is -1.48. The fourth-order valence-corrected chi connectivity index (χ4v) is 3.57. The van der Waals surface area contributed by atoms with Gasteiger partial charge in [0.2, 0.25) is 5.91 Å². The van der Waals surface area contributed by atoms with Gasteiger partial charge in [-0.15, -0.1) is 0 Å². The Labute approximate surface area is 124 Å².